The maximum absolute atomic E-state index is 12.5. The Morgan fingerprint density at radius 1 is 1.24 bits per heavy atom. The zero-order valence-electron chi connectivity index (χ0n) is 14.2. The molecule has 1 aromatic carbocycles. The molecule has 3 heterocycles. The highest BCUT2D eigenvalue weighted by Gasteiger charge is 2.31. The van der Waals surface area contributed by atoms with Crippen LogP contribution in [0.2, 0.25) is 0 Å². The number of hydrogen-bond donors (Lipinski definition) is 1. The van der Waals surface area contributed by atoms with E-state index in [4.69, 9.17) is 4.98 Å². The first-order chi connectivity index (χ1) is 12.3. The molecule has 2 amide bonds. The van der Waals surface area contributed by atoms with E-state index < -0.39 is 0 Å². The molecular formula is C19H21N5O. The maximum Gasteiger partial charge on any atom is 0.321 e. The molecule has 0 spiro atoms. The van der Waals surface area contributed by atoms with E-state index in [9.17, 15) is 4.79 Å². The summed E-state index contributed by atoms with van der Waals surface area (Å²) in [6, 6.07) is 13.4. The SMILES string of the molecule is CCn1c([C@@H]2CCN(C(=O)Nc3ccccc3)C2)nc2cccnc21. The molecule has 0 radical (unpaired) electrons. The third-order valence-electron chi connectivity index (χ3n) is 4.72. The number of hydrogen-bond acceptors (Lipinski definition) is 3. The number of fused-ring (bicyclic) bond motifs is 1. The van der Waals surface area contributed by atoms with Crippen molar-refractivity contribution in [1.82, 2.24) is 19.4 Å². The first-order valence-electron chi connectivity index (χ1n) is 8.68. The van der Waals surface area contributed by atoms with Crippen LogP contribution in [-0.2, 0) is 6.54 Å². The number of urea groups is 1. The Balaban J connectivity index is 1.52. The molecule has 1 fully saturated rings. The Morgan fingerprint density at radius 3 is 2.88 bits per heavy atom. The Labute approximate surface area is 146 Å². The third kappa shape index (κ3) is 2.95. The predicted molar refractivity (Wildman–Crippen MR) is 97.6 cm³/mol. The van der Waals surface area contributed by atoms with Gasteiger partial charge in [-0.25, -0.2) is 14.8 Å². The van der Waals surface area contributed by atoms with Gasteiger partial charge in [0.25, 0.3) is 0 Å². The van der Waals surface area contributed by atoms with Crippen LogP contribution in [0.15, 0.2) is 48.7 Å². The van der Waals surface area contributed by atoms with E-state index in [0.29, 0.717) is 6.54 Å². The van der Waals surface area contributed by atoms with Crippen molar-refractivity contribution in [2.45, 2.75) is 25.8 Å². The number of benzene rings is 1. The second kappa shape index (κ2) is 6.55. The van der Waals surface area contributed by atoms with Gasteiger partial charge in [0, 0.05) is 37.4 Å². The van der Waals surface area contributed by atoms with Gasteiger partial charge in [-0.3, -0.25) is 0 Å². The van der Waals surface area contributed by atoms with Crippen LogP contribution in [0.5, 0.6) is 0 Å². The number of aromatic nitrogens is 3. The standard InChI is InChI=1S/C19H21N5O/c1-2-24-17(22-16-9-6-11-20-18(16)24)14-10-12-23(13-14)19(25)21-15-7-4-3-5-8-15/h3-9,11,14H,2,10,12-13H2,1H3,(H,21,25)/t14-/m1/s1. The van der Waals surface area contributed by atoms with Crippen LogP contribution in [0.1, 0.15) is 25.1 Å². The molecule has 0 unspecified atom stereocenters. The summed E-state index contributed by atoms with van der Waals surface area (Å²) in [6.45, 7) is 4.36. The molecule has 128 valence electrons. The summed E-state index contributed by atoms with van der Waals surface area (Å²) in [7, 11) is 0. The van der Waals surface area contributed by atoms with Gasteiger partial charge in [-0.1, -0.05) is 18.2 Å². The van der Waals surface area contributed by atoms with Crippen LogP contribution in [0.3, 0.4) is 0 Å². The number of nitrogens with zero attached hydrogens (tertiary/aromatic N) is 4. The molecule has 2 aromatic heterocycles. The van der Waals surface area contributed by atoms with E-state index in [1.165, 1.54) is 0 Å². The molecule has 1 N–H and O–H groups in total. The largest absolute Gasteiger partial charge is 0.324 e. The minimum atomic E-state index is -0.0500. The quantitative estimate of drug-likeness (QED) is 0.797. The fraction of sp³-hybridized carbons (Fsp3) is 0.316. The van der Waals surface area contributed by atoms with Gasteiger partial charge in [0.2, 0.25) is 0 Å². The molecule has 1 aliphatic rings. The second-order valence-corrected chi connectivity index (χ2v) is 6.29. The number of imidazole rings is 1. The summed E-state index contributed by atoms with van der Waals surface area (Å²) in [5.41, 5.74) is 2.67. The summed E-state index contributed by atoms with van der Waals surface area (Å²) >= 11 is 0. The Kier molecular flexibility index (Phi) is 4.09. The molecule has 1 aliphatic heterocycles. The van der Waals surface area contributed by atoms with Crippen molar-refractivity contribution in [2.24, 2.45) is 0 Å². The van der Waals surface area contributed by atoms with Crippen LogP contribution < -0.4 is 5.32 Å². The highest BCUT2D eigenvalue weighted by molar-refractivity contribution is 5.89. The molecule has 0 bridgehead atoms. The Hall–Kier alpha value is -2.89. The normalized spacial score (nSPS) is 17.2. The first-order valence-corrected chi connectivity index (χ1v) is 8.68. The zero-order chi connectivity index (χ0) is 17.2. The lowest BCUT2D eigenvalue weighted by Crippen LogP contribution is -2.33. The van der Waals surface area contributed by atoms with E-state index >= 15 is 0 Å². The molecule has 6 heteroatoms. The lowest BCUT2D eigenvalue weighted by atomic mass is 10.1. The van der Waals surface area contributed by atoms with Crippen molar-refractivity contribution >= 4 is 22.9 Å². The smallest absolute Gasteiger partial charge is 0.321 e. The number of aryl methyl sites for hydroxylation is 1. The monoisotopic (exact) mass is 335 g/mol. The number of rotatable bonds is 3. The topological polar surface area (TPSA) is 63.1 Å². The fourth-order valence-electron chi connectivity index (χ4n) is 3.48. The van der Waals surface area contributed by atoms with Crippen LogP contribution in [0.25, 0.3) is 11.2 Å². The van der Waals surface area contributed by atoms with E-state index in [-0.39, 0.29) is 11.9 Å². The minimum absolute atomic E-state index is 0.0500. The van der Waals surface area contributed by atoms with Crippen molar-refractivity contribution in [3.05, 3.63) is 54.5 Å². The highest BCUT2D eigenvalue weighted by Crippen LogP contribution is 2.29. The van der Waals surface area contributed by atoms with Gasteiger partial charge in [-0.15, -0.1) is 0 Å². The summed E-state index contributed by atoms with van der Waals surface area (Å²) in [5.74, 6) is 1.28. The van der Waals surface area contributed by atoms with E-state index in [1.54, 1.807) is 6.20 Å². The zero-order valence-corrected chi connectivity index (χ0v) is 14.2. The lowest BCUT2D eigenvalue weighted by Gasteiger charge is -2.17. The van der Waals surface area contributed by atoms with Gasteiger partial charge in [-0.05, 0) is 37.6 Å². The molecule has 6 nitrogen and oxygen atoms in total. The van der Waals surface area contributed by atoms with Crippen molar-refractivity contribution in [2.75, 3.05) is 18.4 Å². The Morgan fingerprint density at radius 2 is 2.08 bits per heavy atom. The van der Waals surface area contributed by atoms with E-state index in [0.717, 1.165) is 42.2 Å². The number of carbonyl (C=O) groups excluding carboxylic acids is 1. The average molecular weight is 335 g/mol. The summed E-state index contributed by atoms with van der Waals surface area (Å²) in [6.07, 6.45) is 2.72. The van der Waals surface area contributed by atoms with Crippen LogP contribution in [0.4, 0.5) is 10.5 Å². The molecule has 0 saturated carbocycles. The second-order valence-electron chi connectivity index (χ2n) is 6.29. The van der Waals surface area contributed by atoms with Crippen molar-refractivity contribution in [3.8, 4) is 0 Å². The maximum atomic E-state index is 12.5. The number of amides is 2. The molecule has 3 aromatic rings. The Bertz CT molecular complexity index is 889. The minimum Gasteiger partial charge on any atom is -0.324 e. The van der Waals surface area contributed by atoms with Crippen LogP contribution in [-0.4, -0.2) is 38.6 Å². The summed E-state index contributed by atoms with van der Waals surface area (Å²) in [5, 5.41) is 2.96. The number of para-hydroxylation sites is 1. The summed E-state index contributed by atoms with van der Waals surface area (Å²) in [4.78, 5) is 23.6. The van der Waals surface area contributed by atoms with Crippen LogP contribution >= 0.6 is 0 Å². The van der Waals surface area contributed by atoms with Gasteiger partial charge in [0.1, 0.15) is 11.3 Å². The highest BCUT2D eigenvalue weighted by atomic mass is 16.2. The number of pyridine rings is 1. The van der Waals surface area contributed by atoms with Crippen molar-refractivity contribution < 1.29 is 4.79 Å². The predicted octanol–water partition coefficient (Wildman–Crippen LogP) is 3.47. The third-order valence-corrected chi connectivity index (χ3v) is 4.72. The lowest BCUT2D eigenvalue weighted by molar-refractivity contribution is 0.222. The molecule has 0 aliphatic carbocycles. The molecule has 1 atom stereocenters. The van der Waals surface area contributed by atoms with Crippen molar-refractivity contribution in [3.63, 3.8) is 0 Å². The average Bonchev–Trinajstić information content (AvgIpc) is 3.27. The van der Waals surface area contributed by atoms with E-state index in [2.05, 4.69) is 21.8 Å². The number of nitrogens with one attached hydrogen (secondary N) is 1. The molecular weight excluding hydrogens is 314 g/mol. The van der Waals surface area contributed by atoms with E-state index in [1.807, 2.05) is 47.4 Å². The molecule has 1 saturated heterocycles. The van der Waals surface area contributed by atoms with Crippen molar-refractivity contribution in [1.29, 1.82) is 0 Å². The van der Waals surface area contributed by atoms with Gasteiger partial charge < -0.3 is 14.8 Å². The van der Waals surface area contributed by atoms with Gasteiger partial charge in [-0.2, -0.15) is 0 Å². The van der Waals surface area contributed by atoms with Crippen LogP contribution in [0, 0.1) is 0 Å². The van der Waals surface area contributed by atoms with Gasteiger partial charge in [0.05, 0.1) is 0 Å². The summed E-state index contributed by atoms with van der Waals surface area (Å²) < 4.78 is 2.17. The number of anilines is 1. The molecule has 4 rings (SSSR count). The fourth-order valence-corrected chi connectivity index (χ4v) is 3.48. The molecule has 25 heavy (non-hydrogen) atoms. The first kappa shape index (κ1) is 15.6. The number of likely N-dealkylation sites (tertiary alicyclic amines) is 1. The van der Waals surface area contributed by atoms with Gasteiger partial charge in [0.15, 0.2) is 5.65 Å². The van der Waals surface area contributed by atoms with Gasteiger partial charge >= 0.3 is 6.03 Å². The number of carbonyl (C=O) groups is 1.